The maximum Gasteiger partial charge on any atom is 0.326 e. The Morgan fingerprint density at radius 1 is 1.32 bits per heavy atom. The van der Waals surface area contributed by atoms with E-state index in [9.17, 15) is 18.8 Å². The number of thiazole rings is 1. The maximum atomic E-state index is 12.8. The number of ether oxygens (including phenoxy) is 1. The predicted molar refractivity (Wildman–Crippen MR) is 92.0 cm³/mol. The lowest BCUT2D eigenvalue weighted by Crippen LogP contribution is -2.37. The molecule has 1 amide bonds. The van der Waals surface area contributed by atoms with Gasteiger partial charge in [0.05, 0.1) is 0 Å². The number of aromatic nitrogens is 1. The zero-order chi connectivity index (χ0) is 18.4. The zero-order valence-electron chi connectivity index (χ0n) is 14.0. The van der Waals surface area contributed by atoms with Gasteiger partial charge in [-0.3, -0.25) is 19.0 Å². The molecule has 2 rings (SSSR count). The molecule has 1 aromatic carbocycles. The Morgan fingerprint density at radius 3 is 2.60 bits per heavy atom. The molecular formula is C17H19FN2O4S. The highest BCUT2D eigenvalue weighted by atomic mass is 32.1. The molecule has 6 nitrogen and oxygen atoms in total. The third kappa shape index (κ3) is 5.53. The van der Waals surface area contributed by atoms with E-state index in [-0.39, 0.29) is 17.2 Å². The summed E-state index contributed by atoms with van der Waals surface area (Å²) in [6.45, 7) is 3.31. The van der Waals surface area contributed by atoms with E-state index in [4.69, 9.17) is 4.74 Å². The van der Waals surface area contributed by atoms with Crippen LogP contribution in [0.5, 0.6) is 0 Å². The SMILES string of the molecule is Cc1csc(=O)n1CC(=O)O[C@H](C)C(=O)NCCc1ccc(F)cc1. The van der Waals surface area contributed by atoms with Crippen LogP contribution in [0.25, 0.3) is 0 Å². The first-order valence-electron chi connectivity index (χ1n) is 7.73. The number of rotatable bonds is 7. The Bertz CT molecular complexity index is 798. The molecule has 1 atom stereocenters. The van der Waals surface area contributed by atoms with Gasteiger partial charge in [0.1, 0.15) is 12.4 Å². The van der Waals surface area contributed by atoms with E-state index < -0.39 is 18.0 Å². The van der Waals surface area contributed by atoms with Gasteiger partial charge in [0.15, 0.2) is 6.10 Å². The monoisotopic (exact) mass is 366 g/mol. The lowest BCUT2D eigenvalue weighted by atomic mass is 10.1. The number of aryl methyl sites for hydroxylation is 1. The van der Waals surface area contributed by atoms with E-state index in [0.717, 1.165) is 16.9 Å². The number of amides is 1. The van der Waals surface area contributed by atoms with Crippen molar-refractivity contribution in [2.75, 3.05) is 6.54 Å². The molecule has 0 aliphatic carbocycles. The summed E-state index contributed by atoms with van der Waals surface area (Å²) in [7, 11) is 0. The average Bonchev–Trinajstić information content (AvgIpc) is 2.88. The van der Waals surface area contributed by atoms with Crippen molar-refractivity contribution in [1.82, 2.24) is 9.88 Å². The first-order valence-corrected chi connectivity index (χ1v) is 8.61. The smallest absolute Gasteiger partial charge is 0.326 e. The molecule has 0 spiro atoms. The minimum Gasteiger partial charge on any atom is -0.451 e. The van der Waals surface area contributed by atoms with Crippen LogP contribution >= 0.6 is 11.3 Å². The first-order chi connectivity index (χ1) is 11.9. The largest absolute Gasteiger partial charge is 0.451 e. The second-order valence-corrected chi connectivity index (χ2v) is 6.35. The number of carbonyl (C=O) groups is 2. The van der Waals surface area contributed by atoms with Crippen molar-refractivity contribution < 1.29 is 18.7 Å². The molecule has 1 heterocycles. The third-order valence-electron chi connectivity index (χ3n) is 3.57. The second kappa shape index (κ2) is 8.57. The van der Waals surface area contributed by atoms with Crippen molar-refractivity contribution in [3.63, 3.8) is 0 Å². The molecule has 25 heavy (non-hydrogen) atoms. The standard InChI is InChI=1S/C17H19FN2O4S/c1-11-10-25-17(23)20(11)9-15(21)24-12(2)16(22)19-8-7-13-3-5-14(18)6-4-13/h3-6,10,12H,7-9H2,1-2H3,(H,19,22)/t12-/m1/s1. The second-order valence-electron chi connectivity index (χ2n) is 5.53. The number of nitrogens with one attached hydrogen (secondary N) is 1. The summed E-state index contributed by atoms with van der Waals surface area (Å²) in [4.78, 5) is 35.1. The van der Waals surface area contributed by atoms with E-state index in [1.807, 2.05) is 0 Å². The number of esters is 1. The minimum atomic E-state index is -0.963. The topological polar surface area (TPSA) is 77.4 Å². The van der Waals surface area contributed by atoms with Gasteiger partial charge in [-0.1, -0.05) is 23.5 Å². The molecule has 0 radical (unpaired) electrons. The molecule has 1 aromatic heterocycles. The summed E-state index contributed by atoms with van der Waals surface area (Å²) in [6.07, 6.45) is -0.425. The van der Waals surface area contributed by atoms with Crippen molar-refractivity contribution in [3.05, 3.63) is 56.4 Å². The molecule has 134 valence electrons. The first kappa shape index (κ1) is 18.9. The summed E-state index contributed by atoms with van der Waals surface area (Å²) in [5, 5.41) is 4.31. The molecule has 8 heteroatoms. The average molecular weight is 366 g/mol. The molecule has 0 saturated heterocycles. The summed E-state index contributed by atoms with van der Waals surface area (Å²) in [6, 6.07) is 6.00. The van der Waals surface area contributed by atoms with Crippen LogP contribution in [0.1, 0.15) is 18.2 Å². The molecule has 0 unspecified atom stereocenters. The number of benzene rings is 1. The van der Waals surface area contributed by atoms with E-state index in [0.29, 0.717) is 18.7 Å². The molecule has 0 aliphatic heterocycles. The van der Waals surface area contributed by atoms with E-state index in [1.165, 1.54) is 23.6 Å². The van der Waals surface area contributed by atoms with Crippen LogP contribution in [0.4, 0.5) is 4.39 Å². The summed E-state index contributed by atoms with van der Waals surface area (Å²) in [5.41, 5.74) is 1.56. The highest BCUT2D eigenvalue weighted by Crippen LogP contribution is 2.04. The lowest BCUT2D eigenvalue weighted by molar-refractivity contribution is -0.155. The molecule has 2 aromatic rings. The molecule has 0 fully saturated rings. The van der Waals surface area contributed by atoms with Gasteiger partial charge >= 0.3 is 10.8 Å². The van der Waals surface area contributed by atoms with Gasteiger partial charge in [-0.25, -0.2) is 4.39 Å². The predicted octanol–water partition coefficient (Wildman–Crippen LogP) is 1.65. The maximum absolute atomic E-state index is 12.8. The molecule has 0 aliphatic rings. The van der Waals surface area contributed by atoms with Crippen LogP contribution in [-0.4, -0.2) is 29.1 Å². The van der Waals surface area contributed by atoms with Crippen molar-refractivity contribution >= 4 is 23.2 Å². The van der Waals surface area contributed by atoms with Gasteiger partial charge in [-0.15, -0.1) is 0 Å². The Kier molecular flexibility index (Phi) is 6.46. The van der Waals surface area contributed by atoms with Crippen LogP contribution in [0.2, 0.25) is 0 Å². The van der Waals surface area contributed by atoms with E-state index in [1.54, 1.807) is 24.4 Å². The van der Waals surface area contributed by atoms with Gasteiger partial charge in [0, 0.05) is 17.6 Å². The fourth-order valence-corrected chi connectivity index (χ4v) is 2.87. The van der Waals surface area contributed by atoms with Crippen molar-refractivity contribution in [3.8, 4) is 0 Å². The minimum absolute atomic E-state index is 0.221. The molecule has 0 bridgehead atoms. The summed E-state index contributed by atoms with van der Waals surface area (Å²) in [5.74, 6) is -1.39. The summed E-state index contributed by atoms with van der Waals surface area (Å²) < 4.78 is 19.2. The van der Waals surface area contributed by atoms with Crippen LogP contribution in [0.3, 0.4) is 0 Å². The van der Waals surface area contributed by atoms with Crippen LogP contribution in [-0.2, 0) is 27.3 Å². The third-order valence-corrected chi connectivity index (χ3v) is 4.45. The number of carbonyl (C=O) groups excluding carboxylic acids is 2. The fourth-order valence-electron chi connectivity index (χ4n) is 2.14. The highest BCUT2D eigenvalue weighted by molar-refractivity contribution is 7.07. The molecule has 0 saturated carbocycles. The van der Waals surface area contributed by atoms with Crippen molar-refractivity contribution in [2.45, 2.75) is 32.9 Å². The Hall–Kier alpha value is -2.48. The van der Waals surface area contributed by atoms with E-state index in [2.05, 4.69) is 5.32 Å². The fraction of sp³-hybridized carbons (Fsp3) is 0.353. The van der Waals surface area contributed by atoms with Gasteiger partial charge in [-0.05, 0) is 38.0 Å². The van der Waals surface area contributed by atoms with Gasteiger partial charge in [0.2, 0.25) is 0 Å². The van der Waals surface area contributed by atoms with Crippen molar-refractivity contribution in [2.24, 2.45) is 0 Å². The van der Waals surface area contributed by atoms with Crippen LogP contribution in [0, 0.1) is 12.7 Å². The summed E-state index contributed by atoms with van der Waals surface area (Å²) >= 11 is 1.00. The molecule has 1 N–H and O–H groups in total. The zero-order valence-corrected chi connectivity index (χ0v) is 14.8. The quantitative estimate of drug-likeness (QED) is 0.756. The number of hydrogen-bond donors (Lipinski definition) is 1. The highest BCUT2D eigenvalue weighted by Gasteiger charge is 2.18. The number of halogens is 1. The number of hydrogen-bond acceptors (Lipinski definition) is 5. The van der Waals surface area contributed by atoms with Gasteiger partial charge in [0.25, 0.3) is 5.91 Å². The van der Waals surface area contributed by atoms with Crippen LogP contribution < -0.4 is 10.2 Å². The normalized spacial score (nSPS) is 11.8. The lowest BCUT2D eigenvalue weighted by Gasteiger charge is -2.14. The van der Waals surface area contributed by atoms with Crippen LogP contribution in [0.15, 0.2) is 34.4 Å². The van der Waals surface area contributed by atoms with Crippen molar-refractivity contribution in [1.29, 1.82) is 0 Å². The van der Waals surface area contributed by atoms with Gasteiger partial charge < -0.3 is 10.1 Å². The van der Waals surface area contributed by atoms with Gasteiger partial charge in [-0.2, -0.15) is 0 Å². The molecular weight excluding hydrogens is 347 g/mol. The Labute approximate surface area is 148 Å². The van der Waals surface area contributed by atoms with E-state index >= 15 is 0 Å². The Morgan fingerprint density at radius 2 is 2.00 bits per heavy atom. The Balaban J connectivity index is 1.76. The number of nitrogens with zero attached hydrogens (tertiary/aromatic N) is 1.